The Hall–Kier alpha value is -2.93. The van der Waals surface area contributed by atoms with Gasteiger partial charge in [-0.25, -0.2) is 14.6 Å². The Morgan fingerprint density at radius 3 is 2.19 bits per heavy atom. The van der Waals surface area contributed by atoms with E-state index in [1.165, 1.54) is 23.9 Å². The molecule has 0 spiro atoms. The zero-order valence-electron chi connectivity index (χ0n) is 14.2. The van der Waals surface area contributed by atoms with Gasteiger partial charge in [0.1, 0.15) is 5.82 Å². The topological polar surface area (TPSA) is 103 Å². The van der Waals surface area contributed by atoms with Crippen molar-refractivity contribution in [2.75, 3.05) is 31.1 Å². The first kappa shape index (κ1) is 17.9. The van der Waals surface area contributed by atoms with Gasteiger partial charge in [0.05, 0.1) is 0 Å². The standard InChI is InChI=1S/C15H17N3.C4H4O4/c1-2-4-12-8-17-15(5-11(12)3-1)18-9-13-6-16-7-14(13)10-18;5-3(6)1-2-4(7)8/h1-5,8,13-14,16H,6-7,9-10H2;1-2H,(H,5,6)(H,7,8)/b;2-1-. The molecule has 2 aromatic rings. The van der Waals surface area contributed by atoms with Crippen LogP contribution in [0.1, 0.15) is 0 Å². The number of rotatable bonds is 3. The van der Waals surface area contributed by atoms with Crippen LogP contribution in [0, 0.1) is 11.8 Å². The number of nitrogens with zero attached hydrogens (tertiary/aromatic N) is 2. The van der Waals surface area contributed by atoms with Gasteiger partial charge in [-0.2, -0.15) is 0 Å². The predicted molar refractivity (Wildman–Crippen MR) is 98.2 cm³/mol. The van der Waals surface area contributed by atoms with Crippen LogP contribution in [0.25, 0.3) is 10.8 Å². The van der Waals surface area contributed by atoms with Crippen molar-refractivity contribution < 1.29 is 19.8 Å². The maximum Gasteiger partial charge on any atom is 0.328 e. The summed E-state index contributed by atoms with van der Waals surface area (Å²) >= 11 is 0. The zero-order chi connectivity index (χ0) is 18.5. The molecule has 136 valence electrons. The molecular formula is C19H21N3O4. The monoisotopic (exact) mass is 355 g/mol. The minimum Gasteiger partial charge on any atom is -0.478 e. The summed E-state index contributed by atoms with van der Waals surface area (Å²) in [5.74, 6) is 0.263. The lowest BCUT2D eigenvalue weighted by molar-refractivity contribution is -0.134. The van der Waals surface area contributed by atoms with Gasteiger partial charge in [0.15, 0.2) is 0 Å². The smallest absolute Gasteiger partial charge is 0.328 e. The number of carboxylic acid groups (broad SMARTS) is 2. The van der Waals surface area contributed by atoms with Gasteiger partial charge in [-0.05, 0) is 23.3 Å². The van der Waals surface area contributed by atoms with E-state index in [1.807, 2.05) is 6.20 Å². The highest BCUT2D eigenvalue weighted by molar-refractivity contribution is 5.89. The number of benzene rings is 1. The Balaban J connectivity index is 0.000000211. The third-order valence-corrected chi connectivity index (χ3v) is 4.70. The van der Waals surface area contributed by atoms with Crippen molar-refractivity contribution in [3.63, 3.8) is 0 Å². The molecule has 2 fully saturated rings. The van der Waals surface area contributed by atoms with Crippen LogP contribution >= 0.6 is 0 Å². The molecule has 1 aromatic heterocycles. The van der Waals surface area contributed by atoms with Gasteiger partial charge in [0.2, 0.25) is 0 Å². The molecule has 0 amide bonds. The number of hydrogen-bond acceptors (Lipinski definition) is 5. The number of aromatic nitrogens is 1. The largest absolute Gasteiger partial charge is 0.478 e. The second-order valence-corrected chi connectivity index (χ2v) is 6.48. The van der Waals surface area contributed by atoms with Crippen molar-refractivity contribution in [3.05, 3.63) is 48.7 Å². The normalized spacial score (nSPS) is 21.5. The molecule has 2 aliphatic heterocycles. The van der Waals surface area contributed by atoms with Crippen LogP contribution in [0.15, 0.2) is 48.7 Å². The molecule has 2 aliphatic rings. The molecule has 0 radical (unpaired) electrons. The molecule has 2 saturated heterocycles. The first-order valence-corrected chi connectivity index (χ1v) is 8.47. The van der Waals surface area contributed by atoms with Crippen LogP contribution in [0.3, 0.4) is 0 Å². The molecule has 0 bridgehead atoms. The van der Waals surface area contributed by atoms with E-state index in [2.05, 4.69) is 45.5 Å². The van der Waals surface area contributed by atoms with Crippen LogP contribution in [0.4, 0.5) is 5.82 Å². The van der Waals surface area contributed by atoms with E-state index in [-0.39, 0.29) is 0 Å². The van der Waals surface area contributed by atoms with Gasteiger partial charge in [-0.1, -0.05) is 24.3 Å². The summed E-state index contributed by atoms with van der Waals surface area (Å²) in [6, 6.07) is 10.7. The van der Waals surface area contributed by atoms with Gasteiger partial charge in [-0.3, -0.25) is 0 Å². The van der Waals surface area contributed by atoms with Crippen LogP contribution in [-0.2, 0) is 9.59 Å². The summed E-state index contributed by atoms with van der Waals surface area (Å²) in [7, 11) is 0. The number of carboxylic acids is 2. The Morgan fingerprint density at radius 2 is 1.62 bits per heavy atom. The predicted octanol–water partition coefficient (Wildman–Crippen LogP) is 1.60. The summed E-state index contributed by atoms with van der Waals surface area (Å²) in [6.07, 6.45) is 3.11. The number of aliphatic carboxylic acids is 2. The molecule has 2 unspecified atom stereocenters. The second-order valence-electron chi connectivity index (χ2n) is 6.48. The zero-order valence-corrected chi connectivity index (χ0v) is 14.2. The molecule has 7 heteroatoms. The molecule has 26 heavy (non-hydrogen) atoms. The van der Waals surface area contributed by atoms with Crippen molar-refractivity contribution in [1.29, 1.82) is 0 Å². The van der Waals surface area contributed by atoms with E-state index >= 15 is 0 Å². The summed E-state index contributed by atoms with van der Waals surface area (Å²) in [5.41, 5.74) is 0. The van der Waals surface area contributed by atoms with Crippen LogP contribution in [0.5, 0.6) is 0 Å². The Kier molecular flexibility index (Phi) is 5.48. The second kappa shape index (κ2) is 7.97. The van der Waals surface area contributed by atoms with E-state index in [0.29, 0.717) is 12.2 Å². The van der Waals surface area contributed by atoms with Gasteiger partial charge in [0, 0.05) is 49.9 Å². The molecule has 0 saturated carbocycles. The first-order chi connectivity index (χ1) is 12.5. The molecule has 4 rings (SSSR count). The molecule has 7 nitrogen and oxygen atoms in total. The lowest BCUT2D eigenvalue weighted by Crippen LogP contribution is -2.26. The Bertz CT molecular complexity index is 808. The van der Waals surface area contributed by atoms with E-state index in [4.69, 9.17) is 10.2 Å². The lowest BCUT2D eigenvalue weighted by Gasteiger charge is -2.18. The number of hydrogen-bond donors (Lipinski definition) is 3. The van der Waals surface area contributed by atoms with Crippen LogP contribution in [0.2, 0.25) is 0 Å². The van der Waals surface area contributed by atoms with E-state index < -0.39 is 11.9 Å². The molecule has 2 atom stereocenters. The van der Waals surface area contributed by atoms with Crippen LogP contribution in [-0.4, -0.2) is 53.3 Å². The van der Waals surface area contributed by atoms with Crippen molar-refractivity contribution in [3.8, 4) is 0 Å². The molecule has 0 aliphatic carbocycles. The van der Waals surface area contributed by atoms with Crippen molar-refractivity contribution in [2.45, 2.75) is 0 Å². The average Bonchev–Trinajstić information content (AvgIpc) is 3.22. The van der Waals surface area contributed by atoms with Crippen molar-refractivity contribution >= 4 is 28.5 Å². The number of fused-ring (bicyclic) bond motifs is 2. The van der Waals surface area contributed by atoms with E-state index in [0.717, 1.165) is 30.7 Å². The van der Waals surface area contributed by atoms with Crippen molar-refractivity contribution in [2.24, 2.45) is 11.8 Å². The SMILES string of the molecule is O=C(O)/C=C\C(=O)O.c1ccc2cc(N3CC4CNCC4C3)ncc2c1. The van der Waals surface area contributed by atoms with Gasteiger partial charge in [-0.15, -0.1) is 0 Å². The van der Waals surface area contributed by atoms with Gasteiger partial charge < -0.3 is 20.4 Å². The minimum absolute atomic E-state index is 0.558. The van der Waals surface area contributed by atoms with E-state index in [9.17, 15) is 9.59 Å². The Morgan fingerprint density at radius 1 is 1.04 bits per heavy atom. The third-order valence-electron chi connectivity index (χ3n) is 4.70. The highest BCUT2D eigenvalue weighted by Crippen LogP contribution is 2.30. The number of pyridine rings is 1. The summed E-state index contributed by atoms with van der Waals surface area (Å²) in [4.78, 5) is 26.2. The highest BCUT2D eigenvalue weighted by Gasteiger charge is 2.36. The lowest BCUT2D eigenvalue weighted by atomic mass is 10.0. The highest BCUT2D eigenvalue weighted by atomic mass is 16.4. The molecule has 1 aromatic carbocycles. The fourth-order valence-corrected chi connectivity index (χ4v) is 3.43. The maximum atomic E-state index is 9.55. The third kappa shape index (κ3) is 4.37. The quantitative estimate of drug-likeness (QED) is 0.719. The average molecular weight is 355 g/mol. The minimum atomic E-state index is -1.26. The summed E-state index contributed by atoms with van der Waals surface area (Å²) in [5, 5.41) is 21.6. The fraction of sp³-hybridized carbons (Fsp3) is 0.316. The Labute approximate surface area is 151 Å². The van der Waals surface area contributed by atoms with E-state index in [1.54, 1.807) is 0 Å². The summed E-state index contributed by atoms with van der Waals surface area (Å²) in [6.45, 7) is 4.66. The van der Waals surface area contributed by atoms with Gasteiger partial charge in [0.25, 0.3) is 0 Å². The van der Waals surface area contributed by atoms with Crippen LogP contribution < -0.4 is 10.2 Å². The number of carbonyl (C=O) groups is 2. The number of anilines is 1. The number of nitrogens with one attached hydrogen (secondary N) is 1. The summed E-state index contributed by atoms with van der Waals surface area (Å²) < 4.78 is 0. The molecular weight excluding hydrogens is 334 g/mol. The van der Waals surface area contributed by atoms with Gasteiger partial charge >= 0.3 is 11.9 Å². The van der Waals surface area contributed by atoms with Crippen molar-refractivity contribution in [1.82, 2.24) is 10.3 Å². The first-order valence-electron chi connectivity index (χ1n) is 8.47. The molecule has 3 heterocycles. The maximum absolute atomic E-state index is 9.55. The molecule has 3 N–H and O–H groups in total. The fourth-order valence-electron chi connectivity index (χ4n) is 3.43.